The fourth-order valence-corrected chi connectivity index (χ4v) is 2.71. The van der Waals surface area contributed by atoms with Crippen LogP contribution in [0.4, 0.5) is 0 Å². The maximum Gasteiger partial charge on any atom is 0.229 e. The SMILES string of the molecule is Cc1noc(Cl)c1CCC(=O)NC1CCNC(C)C1. The number of hydrogen-bond donors (Lipinski definition) is 2. The third-order valence-corrected chi connectivity index (χ3v) is 3.82. The van der Waals surface area contributed by atoms with Gasteiger partial charge in [0, 0.05) is 24.1 Å². The van der Waals surface area contributed by atoms with E-state index >= 15 is 0 Å². The van der Waals surface area contributed by atoms with Crippen molar-refractivity contribution in [1.82, 2.24) is 15.8 Å². The van der Waals surface area contributed by atoms with Crippen LogP contribution in [0.1, 0.15) is 37.4 Å². The summed E-state index contributed by atoms with van der Waals surface area (Å²) < 4.78 is 4.87. The van der Waals surface area contributed by atoms with Gasteiger partial charge in [0.1, 0.15) is 0 Å². The normalized spacial score (nSPS) is 23.3. The Labute approximate surface area is 118 Å². The predicted octanol–water partition coefficient (Wildman–Crippen LogP) is 1.83. The fraction of sp³-hybridized carbons (Fsp3) is 0.692. The topological polar surface area (TPSA) is 67.2 Å². The Hall–Kier alpha value is -1.07. The number of aryl methyl sites for hydroxylation is 1. The summed E-state index contributed by atoms with van der Waals surface area (Å²) in [6.45, 7) is 4.93. The molecule has 0 saturated carbocycles. The standard InChI is InChI=1S/C13H20ClN3O2/c1-8-7-10(5-6-15-8)16-12(18)4-3-11-9(2)17-19-13(11)14/h8,10,15H,3-7H2,1-2H3,(H,16,18). The lowest BCUT2D eigenvalue weighted by atomic mass is 10.0. The van der Waals surface area contributed by atoms with Gasteiger partial charge in [0.25, 0.3) is 0 Å². The quantitative estimate of drug-likeness (QED) is 0.886. The number of hydrogen-bond acceptors (Lipinski definition) is 4. The zero-order valence-electron chi connectivity index (χ0n) is 11.3. The number of rotatable bonds is 4. The zero-order chi connectivity index (χ0) is 13.8. The molecular weight excluding hydrogens is 266 g/mol. The Kier molecular flexibility index (Phi) is 4.82. The van der Waals surface area contributed by atoms with Crippen molar-refractivity contribution in [1.29, 1.82) is 0 Å². The lowest BCUT2D eigenvalue weighted by Crippen LogP contribution is -2.46. The van der Waals surface area contributed by atoms with Gasteiger partial charge in [0.05, 0.1) is 5.69 Å². The van der Waals surface area contributed by atoms with Crippen molar-refractivity contribution in [2.75, 3.05) is 6.54 Å². The molecule has 0 radical (unpaired) electrons. The molecule has 0 spiro atoms. The number of halogens is 1. The molecule has 1 aromatic heterocycles. The van der Waals surface area contributed by atoms with Gasteiger partial charge in [-0.3, -0.25) is 4.79 Å². The summed E-state index contributed by atoms with van der Waals surface area (Å²) in [5, 5.41) is 10.5. The van der Waals surface area contributed by atoms with Crippen molar-refractivity contribution in [2.24, 2.45) is 0 Å². The smallest absolute Gasteiger partial charge is 0.229 e. The molecule has 0 aromatic carbocycles. The van der Waals surface area contributed by atoms with E-state index in [0.29, 0.717) is 24.1 Å². The maximum absolute atomic E-state index is 11.9. The molecule has 19 heavy (non-hydrogen) atoms. The van der Waals surface area contributed by atoms with Gasteiger partial charge >= 0.3 is 0 Å². The molecule has 2 heterocycles. The van der Waals surface area contributed by atoms with E-state index in [9.17, 15) is 4.79 Å². The number of carbonyl (C=O) groups excluding carboxylic acids is 1. The molecule has 5 nitrogen and oxygen atoms in total. The van der Waals surface area contributed by atoms with Crippen LogP contribution in [0.2, 0.25) is 5.22 Å². The summed E-state index contributed by atoms with van der Waals surface area (Å²) in [4.78, 5) is 11.9. The minimum atomic E-state index is 0.0655. The molecule has 1 saturated heterocycles. The fourth-order valence-electron chi connectivity index (χ4n) is 2.44. The van der Waals surface area contributed by atoms with Crippen LogP contribution in [0.5, 0.6) is 0 Å². The van der Waals surface area contributed by atoms with Gasteiger partial charge < -0.3 is 15.2 Å². The third-order valence-electron chi connectivity index (χ3n) is 3.53. The number of nitrogens with one attached hydrogen (secondary N) is 2. The van der Waals surface area contributed by atoms with Crippen molar-refractivity contribution in [3.8, 4) is 0 Å². The summed E-state index contributed by atoms with van der Waals surface area (Å²) in [6, 6.07) is 0.747. The average Bonchev–Trinajstić information content (AvgIpc) is 2.67. The summed E-state index contributed by atoms with van der Waals surface area (Å²) >= 11 is 5.87. The number of piperidine rings is 1. The number of aromatic nitrogens is 1. The van der Waals surface area contributed by atoms with Crippen LogP contribution < -0.4 is 10.6 Å². The Morgan fingerprint density at radius 1 is 1.63 bits per heavy atom. The summed E-state index contributed by atoms with van der Waals surface area (Å²) in [5.74, 6) is 0.0655. The van der Waals surface area contributed by atoms with Crippen molar-refractivity contribution in [3.05, 3.63) is 16.5 Å². The molecule has 2 unspecified atom stereocenters. The minimum Gasteiger partial charge on any atom is -0.353 e. The van der Waals surface area contributed by atoms with Crippen LogP contribution in [0.15, 0.2) is 4.52 Å². The Balaban J connectivity index is 1.78. The van der Waals surface area contributed by atoms with E-state index in [2.05, 4.69) is 22.7 Å². The van der Waals surface area contributed by atoms with Gasteiger partial charge in [-0.25, -0.2) is 0 Å². The second-order valence-corrected chi connectivity index (χ2v) is 5.51. The largest absolute Gasteiger partial charge is 0.353 e. The number of amides is 1. The lowest BCUT2D eigenvalue weighted by Gasteiger charge is -2.28. The van der Waals surface area contributed by atoms with Gasteiger partial charge in [-0.1, -0.05) is 5.16 Å². The Morgan fingerprint density at radius 3 is 3.05 bits per heavy atom. The monoisotopic (exact) mass is 285 g/mol. The number of carbonyl (C=O) groups is 1. The van der Waals surface area contributed by atoms with Crippen molar-refractivity contribution in [3.63, 3.8) is 0 Å². The molecular formula is C13H20ClN3O2. The molecule has 2 N–H and O–H groups in total. The first-order valence-corrected chi connectivity index (χ1v) is 7.07. The summed E-state index contributed by atoms with van der Waals surface area (Å²) in [6.07, 6.45) is 2.96. The van der Waals surface area contributed by atoms with E-state index in [1.54, 1.807) is 0 Å². The highest BCUT2D eigenvalue weighted by Crippen LogP contribution is 2.20. The Bertz CT molecular complexity index is 428. The minimum absolute atomic E-state index is 0.0655. The van der Waals surface area contributed by atoms with Crippen LogP contribution in [-0.2, 0) is 11.2 Å². The highest BCUT2D eigenvalue weighted by molar-refractivity contribution is 6.29. The van der Waals surface area contributed by atoms with Crippen LogP contribution in [0.3, 0.4) is 0 Å². The van der Waals surface area contributed by atoms with Gasteiger partial charge in [-0.2, -0.15) is 0 Å². The van der Waals surface area contributed by atoms with Crippen molar-refractivity contribution < 1.29 is 9.32 Å². The van der Waals surface area contributed by atoms with Crippen LogP contribution >= 0.6 is 11.6 Å². The molecule has 0 aliphatic carbocycles. The number of nitrogens with zero attached hydrogens (tertiary/aromatic N) is 1. The second-order valence-electron chi connectivity index (χ2n) is 5.16. The van der Waals surface area contributed by atoms with E-state index < -0.39 is 0 Å². The van der Waals surface area contributed by atoms with Gasteiger partial charge in [0.2, 0.25) is 11.1 Å². The van der Waals surface area contributed by atoms with E-state index in [1.807, 2.05) is 6.92 Å². The Morgan fingerprint density at radius 2 is 2.42 bits per heavy atom. The predicted molar refractivity (Wildman–Crippen MR) is 73.2 cm³/mol. The van der Waals surface area contributed by atoms with E-state index in [-0.39, 0.29) is 11.9 Å². The van der Waals surface area contributed by atoms with E-state index in [4.69, 9.17) is 16.1 Å². The van der Waals surface area contributed by atoms with Gasteiger partial charge in [-0.05, 0) is 51.3 Å². The molecule has 0 bridgehead atoms. The molecule has 2 atom stereocenters. The molecule has 2 rings (SSSR count). The lowest BCUT2D eigenvalue weighted by molar-refractivity contribution is -0.122. The molecule has 6 heteroatoms. The molecule has 1 amide bonds. The van der Waals surface area contributed by atoms with Crippen molar-refractivity contribution in [2.45, 2.75) is 51.6 Å². The van der Waals surface area contributed by atoms with Crippen LogP contribution in [0.25, 0.3) is 0 Å². The molecule has 1 aromatic rings. The van der Waals surface area contributed by atoms with Gasteiger partial charge in [0.15, 0.2) is 0 Å². The van der Waals surface area contributed by atoms with E-state index in [0.717, 1.165) is 30.6 Å². The highest BCUT2D eigenvalue weighted by Gasteiger charge is 2.20. The first-order chi connectivity index (χ1) is 9.06. The first kappa shape index (κ1) is 14.3. The molecule has 1 aliphatic heterocycles. The van der Waals surface area contributed by atoms with E-state index in [1.165, 1.54) is 0 Å². The summed E-state index contributed by atoms with van der Waals surface area (Å²) in [7, 11) is 0. The molecule has 1 aliphatic rings. The van der Waals surface area contributed by atoms with Crippen LogP contribution in [0, 0.1) is 6.92 Å². The first-order valence-electron chi connectivity index (χ1n) is 6.69. The van der Waals surface area contributed by atoms with Gasteiger partial charge in [-0.15, -0.1) is 0 Å². The molecule has 106 valence electrons. The average molecular weight is 286 g/mol. The van der Waals surface area contributed by atoms with Crippen molar-refractivity contribution >= 4 is 17.5 Å². The zero-order valence-corrected chi connectivity index (χ0v) is 12.1. The molecule has 1 fully saturated rings. The highest BCUT2D eigenvalue weighted by atomic mass is 35.5. The third kappa shape index (κ3) is 3.94. The maximum atomic E-state index is 11.9. The summed E-state index contributed by atoms with van der Waals surface area (Å²) in [5.41, 5.74) is 1.59. The van der Waals surface area contributed by atoms with Crippen LogP contribution in [-0.4, -0.2) is 29.7 Å². The second kappa shape index (κ2) is 6.39.